The molecule has 2 aliphatic rings. The van der Waals surface area contributed by atoms with Crippen LogP contribution >= 0.6 is 0 Å². The fourth-order valence-corrected chi connectivity index (χ4v) is 3.80. The zero-order valence-corrected chi connectivity index (χ0v) is 10.5. The van der Waals surface area contributed by atoms with Crippen molar-refractivity contribution in [3.63, 3.8) is 0 Å². The lowest BCUT2D eigenvalue weighted by molar-refractivity contribution is -0.137. The van der Waals surface area contributed by atoms with Crippen molar-refractivity contribution < 1.29 is 18.3 Å². The van der Waals surface area contributed by atoms with E-state index in [0.717, 1.165) is 30.9 Å². The summed E-state index contributed by atoms with van der Waals surface area (Å²) in [7, 11) is 0. The number of fused-ring (bicyclic) bond motifs is 2. The van der Waals surface area contributed by atoms with Crippen molar-refractivity contribution >= 4 is 0 Å². The van der Waals surface area contributed by atoms with Crippen molar-refractivity contribution in [3.05, 3.63) is 35.4 Å². The van der Waals surface area contributed by atoms with Crippen molar-refractivity contribution in [3.8, 4) is 0 Å². The third kappa shape index (κ3) is 2.38. The van der Waals surface area contributed by atoms with Crippen molar-refractivity contribution in [1.82, 2.24) is 0 Å². The minimum atomic E-state index is -4.31. The molecular formula is C15H17F3O. The minimum Gasteiger partial charge on any atom is -0.388 e. The van der Waals surface area contributed by atoms with Crippen LogP contribution in [-0.4, -0.2) is 5.11 Å². The molecule has 4 heteroatoms. The lowest BCUT2D eigenvalue weighted by Crippen LogP contribution is -2.19. The van der Waals surface area contributed by atoms with Crippen LogP contribution in [0.25, 0.3) is 0 Å². The number of rotatable bonds is 2. The third-order valence-corrected chi connectivity index (χ3v) is 4.78. The summed E-state index contributed by atoms with van der Waals surface area (Å²) >= 11 is 0. The molecule has 1 N–H and O–H groups in total. The quantitative estimate of drug-likeness (QED) is 0.855. The summed E-state index contributed by atoms with van der Waals surface area (Å²) in [6.07, 6.45) is -0.309. The van der Waals surface area contributed by atoms with E-state index in [1.807, 2.05) is 0 Å². The van der Waals surface area contributed by atoms with Gasteiger partial charge in [-0.25, -0.2) is 0 Å². The normalized spacial score (nSPS) is 31.7. The first-order valence-corrected chi connectivity index (χ1v) is 6.80. The highest BCUT2D eigenvalue weighted by Crippen LogP contribution is 2.52. The van der Waals surface area contributed by atoms with Crippen LogP contribution in [0.3, 0.4) is 0 Å². The van der Waals surface area contributed by atoms with E-state index in [0.29, 0.717) is 11.5 Å². The molecule has 0 aliphatic heterocycles. The Balaban J connectivity index is 1.75. The van der Waals surface area contributed by atoms with E-state index in [9.17, 15) is 18.3 Å². The minimum absolute atomic E-state index is 0.232. The Kier molecular flexibility index (Phi) is 3.08. The molecule has 104 valence electrons. The molecule has 0 amide bonds. The largest absolute Gasteiger partial charge is 0.416 e. The summed E-state index contributed by atoms with van der Waals surface area (Å²) in [5.74, 6) is 1.51. The fourth-order valence-electron chi connectivity index (χ4n) is 3.80. The molecule has 1 aromatic rings. The third-order valence-electron chi connectivity index (χ3n) is 4.78. The second-order valence-corrected chi connectivity index (χ2v) is 5.90. The van der Waals surface area contributed by atoms with E-state index in [2.05, 4.69) is 0 Å². The number of halogens is 3. The summed E-state index contributed by atoms with van der Waals surface area (Å²) < 4.78 is 37.4. The van der Waals surface area contributed by atoms with E-state index in [4.69, 9.17) is 0 Å². The molecule has 2 bridgehead atoms. The number of alkyl halides is 3. The lowest BCUT2D eigenvalue weighted by Gasteiger charge is -2.27. The van der Waals surface area contributed by atoms with E-state index in [-0.39, 0.29) is 5.92 Å². The van der Waals surface area contributed by atoms with Gasteiger partial charge in [-0.15, -0.1) is 0 Å². The molecule has 0 spiro atoms. The first-order chi connectivity index (χ1) is 8.95. The van der Waals surface area contributed by atoms with Crippen molar-refractivity contribution in [2.24, 2.45) is 17.8 Å². The van der Waals surface area contributed by atoms with Crippen LogP contribution in [0.1, 0.15) is 42.9 Å². The zero-order valence-electron chi connectivity index (χ0n) is 10.5. The van der Waals surface area contributed by atoms with Crippen molar-refractivity contribution in [2.45, 2.75) is 38.0 Å². The Labute approximate surface area is 110 Å². The van der Waals surface area contributed by atoms with Gasteiger partial charge in [-0.05, 0) is 54.7 Å². The van der Waals surface area contributed by atoms with Crippen LogP contribution in [0.5, 0.6) is 0 Å². The molecule has 2 aliphatic carbocycles. The Morgan fingerprint density at radius 1 is 1.05 bits per heavy atom. The van der Waals surface area contributed by atoms with Gasteiger partial charge in [-0.1, -0.05) is 18.6 Å². The van der Waals surface area contributed by atoms with Gasteiger partial charge in [0, 0.05) is 0 Å². The number of aliphatic hydroxyl groups is 1. The van der Waals surface area contributed by atoms with Gasteiger partial charge in [0.25, 0.3) is 0 Å². The van der Waals surface area contributed by atoms with Crippen LogP contribution in [0, 0.1) is 17.8 Å². The van der Waals surface area contributed by atoms with Crippen LogP contribution in [-0.2, 0) is 6.18 Å². The smallest absolute Gasteiger partial charge is 0.388 e. The van der Waals surface area contributed by atoms with Gasteiger partial charge < -0.3 is 5.11 Å². The second-order valence-electron chi connectivity index (χ2n) is 5.90. The Bertz CT molecular complexity index is 451. The standard InChI is InChI=1S/C15H17F3O/c16-15(17,18)12-5-3-10(4-6-12)14(19)13-8-9-1-2-11(13)7-9/h3-6,9,11,13-14,19H,1-2,7-8H2. The molecule has 0 aromatic heterocycles. The summed E-state index contributed by atoms with van der Waals surface area (Å²) in [4.78, 5) is 0. The zero-order chi connectivity index (χ0) is 13.6. The summed E-state index contributed by atoms with van der Waals surface area (Å²) in [5.41, 5.74) is -0.0399. The average molecular weight is 270 g/mol. The van der Waals surface area contributed by atoms with Gasteiger partial charge in [-0.2, -0.15) is 13.2 Å². The first kappa shape index (κ1) is 13.0. The highest BCUT2D eigenvalue weighted by molar-refractivity contribution is 5.26. The SMILES string of the molecule is OC(c1ccc(C(F)(F)F)cc1)C1CC2CCC1C2. The maximum atomic E-state index is 12.5. The molecule has 3 rings (SSSR count). The highest BCUT2D eigenvalue weighted by atomic mass is 19.4. The lowest BCUT2D eigenvalue weighted by atomic mass is 9.82. The highest BCUT2D eigenvalue weighted by Gasteiger charge is 2.43. The maximum Gasteiger partial charge on any atom is 0.416 e. The summed E-state index contributed by atoms with van der Waals surface area (Å²) in [6.45, 7) is 0. The molecular weight excluding hydrogens is 253 g/mol. The molecule has 19 heavy (non-hydrogen) atoms. The molecule has 0 saturated heterocycles. The average Bonchev–Trinajstić information content (AvgIpc) is 2.99. The molecule has 0 heterocycles. The first-order valence-electron chi connectivity index (χ1n) is 6.80. The van der Waals surface area contributed by atoms with Gasteiger partial charge in [0.05, 0.1) is 11.7 Å². The predicted octanol–water partition coefficient (Wildman–Crippen LogP) is 4.18. The van der Waals surface area contributed by atoms with Crippen LogP contribution in [0.15, 0.2) is 24.3 Å². The van der Waals surface area contributed by atoms with E-state index in [1.54, 1.807) is 0 Å². The molecule has 2 saturated carbocycles. The van der Waals surface area contributed by atoms with Gasteiger partial charge >= 0.3 is 6.18 Å². The monoisotopic (exact) mass is 270 g/mol. The number of aliphatic hydroxyl groups excluding tert-OH is 1. The second kappa shape index (κ2) is 4.51. The fraction of sp³-hybridized carbons (Fsp3) is 0.600. The van der Waals surface area contributed by atoms with Crippen molar-refractivity contribution in [1.29, 1.82) is 0 Å². The Morgan fingerprint density at radius 2 is 1.74 bits per heavy atom. The van der Waals surface area contributed by atoms with Gasteiger partial charge in [0.1, 0.15) is 0 Å². The number of hydrogen-bond acceptors (Lipinski definition) is 1. The van der Waals surface area contributed by atoms with Gasteiger partial charge in [0.2, 0.25) is 0 Å². The number of hydrogen-bond donors (Lipinski definition) is 1. The van der Waals surface area contributed by atoms with E-state index < -0.39 is 17.8 Å². The molecule has 1 nitrogen and oxygen atoms in total. The van der Waals surface area contributed by atoms with Crippen LogP contribution in [0.2, 0.25) is 0 Å². The molecule has 2 fully saturated rings. The van der Waals surface area contributed by atoms with E-state index >= 15 is 0 Å². The van der Waals surface area contributed by atoms with Crippen LogP contribution in [0.4, 0.5) is 13.2 Å². The Morgan fingerprint density at radius 3 is 2.21 bits per heavy atom. The molecule has 1 aromatic carbocycles. The van der Waals surface area contributed by atoms with E-state index in [1.165, 1.54) is 25.0 Å². The number of benzene rings is 1. The predicted molar refractivity (Wildman–Crippen MR) is 65.3 cm³/mol. The molecule has 4 unspecified atom stereocenters. The molecule has 0 radical (unpaired) electrons. The van der Waals surface area contributed by atoms with Crippen molar-refractivity contribution in [2.75, 3.05) is 0 Å². The summed E-state index contributed by atoms with van der Waals surface area (Å²) in [5, 5.41) is 10.4. The van der Waals surface area contributed by atoms with Crippen LogP contribution < -0.4 is 0 Å². The molecule has 4 atom stereocenters. The Hall–Kier alpha value is -1.03. The van der Waals surface area contributed by atoms with Gasteiger partial charge in [0.15, 0.2) is 0 Å². The summed E-state index contributed by atoms with van der Waals surface area (Å²) in [6, 6.07) is 4.95. The maximum absolute atomic E-state index is 12.5. The topological polar surface area (TPSA) is 20.2 Å². The van der Waals surface area contributed by atoms with Gasteiger partial charge in [-0.3, -0.25) is 0 Å².